The van der Waals surface area contributed by atoms with Gasteiger partial charge in [-0.15, -0.1) is 0 Å². The van der Waals surface area contributed by atoms with Gasteiger partial charge in [-0.3, -0.25) is 9.78 Å². The summed E-state index contributed by atoms with van der Waals surface area (Å²) < 4.78 is 0. The van der Waals surface area contributed by atoms with Crippen molar-refractivity contribution in [3.05, 3.63) is 30.1 Å². The maximum absolute atomic E-state index is 11.3. The van der Waals surface area contributed by atoms with Crippen molar-refractivity contribution in [1.82, 2.24) is 9.88 Å². The Hall–Kier alpha value is -1.91. The van der Waals surface area contributed by atoms with Crippen LogP contribution in [0.15, 0.2) is 24.5 Å². The van der Waals surface area contributed by atoms with Gasteiger partial charge in [0.1, 0.15) is 0 Å². The molecule has 1 aromatic heterocycles. The first kappa shape index (κ1) is 11.6. The maximum atomic E-state index is 11.3. The lowest BCUT2D eigenvalue weighted by Gasteiger charge is -2.30. The molecule has 1 aromatic rings. The predicted molar refractivity (Wildman–Crippen MR) is 60.4 cm³/mol. The summed E-state index contributed by atoms with van der Waals surface area (Å²) in [4.78, 5) is 27.3. The van der Waals surface area contributed by atoms with E-state index in [1.807, 2.05) is 18.3 Å². The second kappa shape index (κ2) is 4.95. The van der Waals surface area contributed by atoms with Crippen LogP contribution in [0.4, 0.5) is 0 Å². The van der Waals surface area contributed by atoms with Crippen molar-refractivity contribution in [3.63, 3.8) is 0 Å². The van der Waals surface area contributed by atoms with Crippen LogP contribution in [0, 0.1) is 0 Å². The van der Waals surface area contributed by atoms with Gasteiger partial charge in [0.2, 0.25) is 0 Å². The number of amides is 1. The number of rotatable bonds is 1. The summed E-state index contributed by atoms with van der Waals surface area (Å²) in [5, 5.41) is 8.62. The standard InChI is InChI=1S/C12H14N2O3/c15-11(12(16)17)14-6-3-9(4-7-14)10-2-1-5-13-8-10/h1-2,5,8-9H,3-4,6-7H2,(H,16,17). The number of aliphatic carboxylic acids is 1. The minimum Gasteiger partial charge on any atom is -0.474 e. The molecule has 1 saturated heterocycles. The van der Waals surface area contributed by atoms with E-state index in [1.165, 1.54) is 4.90 Å². The van der Waals surface area contributed by atoms with Crippen LogP contribution in [0.1, 0.15) is 24.3 Å². The smallest absolute Gasteiger partial charge is 0.394 e. The SMILES string of the molecule is O=C(O)C(=O)N1CCC(c2cccnc2)CC1. The van der Waals surface area contributed by atoms with E-state index in [4.69, 9.17) is 5.11 Å². The molecule has 1 aliphatic rings. The number of nitrogens with zero attached hydrogens (tertiary/aromatic N) is 2. The number of carboxylic acid groups (broad SMARTS) is 1. The zero-order valence-electron chi connectivity index (χ0n) is 9.37. The molecule has 1 aliphatic heterocycles. The molecule has 0 spiro atoms. The zero-order chi connectivity index (χ0) is 12.3. The van der Waals surface area contributed by atoms with E-state index < -0.39 is 11.9 Å². The van der Waals surface area contributed by atoms with Gasteiger partial charge in [-0.2, -0.15) is 0 Å². The average Bonchev–Trinajstić information content (AvgIpc) is 2.39. The molecule has 2 heterocycles. The quantitative estimate of drug-likeness (QED) is 0.732. The van der Waals surface area contributed by atoms with E-state index in [9.17, 15) is 9.59 Å². The second-order valence-corrected chi connectivity index (χ2v) is 4.16. The molecule has 0 atom stereocenters. The average molecular weight is 234 g/mol. The molecule has 90 valence electrons. The number of likely N-dealkylation sites (tertiary alicyclic amines) is 1. The Kier molecular flexibility index (Phi) is 3.37. The van der Waals surface area contributed by atoms with Crippen LogP contribution in [0.5, 0.6) is 0 Å². The topological polar surface area (TPSA) is 70.5 Å². The van der Waals surface area contributed by atoms with Gasteiger partial charge in [-0.05, 0) is 30.4 Å². The molecule has 5 nitrogen and oxygen atoms in total. The second-order valence-electron chi connectivity index (χ2n) is 4.16. The van der Waals surface area contributed by atoms with E-state index in [0.29, 0.717) is 19.0 Å². The molecule has 0 bridgehead atoms. The normalized spacial score (nSPS) is 16.8. The van der Waals surface area contributed by atoms with E-state index in [2.05, 4.69) is 4.98 Å². The highest BCUT2D eigenvalue weighted by Gasteiger charge is 2.27. The molecule has 1 amide bonds. The first-order valence-electron chi connectivity index (χ1n) is 5.60. The Morgan fingerprint density at radius 2 is 2.06 bits per heavy atom. The van der Waals surface area contributed by atoms with Crippen LogP contribution in [-0.4, -0.2) is 40.0 Å². The van der Waals surface area contributed by atoms with Crippen molar-refractivity contribution in [2.75, 3.05) is 13.1 Å². The molecular weight excluding hydrogens is 220 g/mol. The van der Waals surface area contributed by atoms with Crippen molar-refractivity contribution >= 4 is 11.9 Å². The monoisotopic (exact) mass is 234 g/mol. The van der Waals surface area contributed by atoms with E-state index in [0.717, 1.165) is 18.4 Å². The fourth-order valence-corrected chi connectivity index (χ4v) is 2.17. The number of piperidine rings is 1. The van der Waals surface area contributed by atoms with Gasteiger partial charge in [0.25, 0.3) is 0 Å². The Balaban J connectivity index is 1.95. The molecule has 2 rings (SSSR count). The molecule has 0 aromatic carbocycles. The number of hydrogen-bond acceptors (Lipinski definition) is 3. The van der Waals surface area contributed by atoms with E-state index in [1.54, 1.807) is 6.20 Å². The Morgan fingerprint density at radius 3 is 2.59 bits per heavy atom. The fraction of sp³-hybridized carbons (Fsp3) is 0.417. The Labute approximate surface area is 99.1 Å². The lowest BCUT2D eigenvalue weighted by Crippen LogP contribution is -2.41. The number of carbonyl (C=O) groups excluding carboxylic acids is 1. The van der Waals surface area contributed by atoms with Crippen molar-refractivity contribution in [2.45, 2.75) is 18.8 Å². The maximum Gasteiger partial charge on any atom is 0.394 e. The minimum absolute atomic E-state index is 0.376. The fourth-order valence-electron chi connectivity index (χ4n) is 2.17. The zero-order valence-corrected chi connectivity index (χ0v) is 9.37. The Bertz CT molecular complexity index is 411. The highest BCUT2D eigenvalue weighted by atomic mass is 16.4. The third kappa shape index (κ3) is 2.61. The summed E-state index contributed by atoms with van der Waals surface area (Å²) in [6.07, 6.45) is 5.15. The number of carbonyl (C=O) groups is 2. The first-order chi connectivity index (χ1) is 8.18. The predicted octanol–water partition coefficient (Wildman–Crippen LogP) is 0.872. The largest absolute Gasteiger partial charge is 0.474 e. The summed E-state index contributed by atoms with van der Waals surface area (Å²) in [5.74, 6) is -1.79. The van der Waals surface area contributed by atoms with Crippen molar-refractivity contribution in [2.24, 2.45) is 0 Å². The third-order valence-electron chi connectivity index (χ3n) is 3.12. The van der Waals surface area contributed by atoms with Gasteiger partial charge in [0.15, 0.2) is 0 Å². The third-order valence-corrected chi connectivity index (χ3v) is 3.12. The molecule has 0 aliphatic carbocycles. The van der Waals surface area contributed by atoms with Gasteiger partial charge >= 0.3 is 11.9 Å². The number of hydrogen-bond donors (Lipinski definition) is 1. The number of carboxylic acids is 1. The summed E-state index contributed by atoms with van der Waals surface area (Å²) in [6.45, 7) is 1.01. The molecule has 1 fully saturated rings. The van der Waals surface area contributed by atoms with E-state index in [-0.39, 0.29) is 0 Å². The van der Waals surface area contributed by atoms with Gasteiger partial charge in [0, 0.05) is 25.5 Å². The summed E-state index contributed by atoms with van der Waals surface area (Å²) in [7, 11) is 0. The number of pyridine rings is 1. The molecule has 1 N–H and O–H groups in total. The molecule has 5 heteroatoms. The van der Waals surface area contributed by atoms with Crippen LogP contribution < -0.4 is 0 Å². The summed E-state index contributed by atoms with van der Waals surface area (Å²) >= 11 is 0. The van der Waals surface area contributed by atoms with Gasteiger partial charge in [0.05, 0.1) is 0 Å². The van der Waals surface area contributed by atoms with Crippen molar-refractivity contribution in [3.8, 4) is 0 Å². The van der Waals surface area contributed by atoms with Gasteiger partial charge in [-0.1, -0.05) is 6.07 Å². The lowest BCUT2D eigenvalue weighted by atomic mass is 9.90. The number of aromatic nitrogens is 1. The van der Waals surface area contributed by atoms with E-state index >= 15 is 0 Å². The van der Waals surface area contributed by atoms with Crippen molar-refractivity contribution in [1.29, 1.82) is 0 Å². The summed E-state index contributed by atoms with van der Waals surface area (Å²) in [6, 6.07) is 3.91. The van der Waals surface area contributed by atoms with Crippen LogP contribution in [0.25, 0.3) is 0 Å². The molecule has 0 saturated carbocycles. The molecule has 17 heavy (non-hydrogen) atoms. The minimum atomic E-state index is -1.37. The lowest BCUT2D eigenvalue weighted by molar-refractivity contribution is -0.156. The summed E-state index contributed by atoms with van der Waals surface area (Å²) in [5.41, 5.74) is 1.16. The van der Waals surface area contributed by atoms with Gasteiger partial charge in [-0.25, -0.2) is 4.79 Å². The van der Waals surface area contributed by atoms with Gasteiger partial charge < -0.3 is 10.0 Å². The van der Waals surface area contributed by atoms with Crippen LogP contribution in [0.2, 0.25) is 0 Å². The molecule has 0 unspecified atom stereocenters. The van der Waals surface area contributed by atoms with Crippen LogP contribution in [0.3, 0.4) is 0 Å². The highest BCUT2D eigenvalue weighted by molar-refractivity contribution is 6.31. The highest BCUT2D eigenvalue weighted by Crippen LogP contribution is 2.27. The van der Waals surface area contributed by atoms with Crippen LogP contribution >= 0.6 is 0 Å². The van der Waals surface area contributed by atoms with Crippen LogP contribution in [-0.2, 0) is 9.59 Å². The Morgan fingerprint density at radius 1 is 1.35 bits per heavy atom. The molecule has 0 radical (unpaired) electrons. The first-order valence-corrected chi connectivity index (χ1v) is 5.60. The molecular formula is C12H14N2O3. The van der Waals surface area contributed by atoms with Crippen molar-refractivity contribution < 1.29 is 14.7 Å².